The van der Waals surface area contributed by atoms with Crippen molar-refractivity contribution in [1.82, 2.24) is 19.4 Å². The lowest BCUT2D eigenvalue weighted by atomic mass is 10.00. The van der Waals surface area contributed by atoms with E-state index in [1.165, 1.54) is 25.8 Å². The minimum Gasteiger partial charge on any atom is -0.448 e. The molecule has 0 aliphatic carbocycles. The number of imidazole rings is 1. The number of nitrogens with zero attached hydrogens (tertiary/aromatic N) is 4. The second kappa shape index (κ2) is 5.57. The Morgan fingerprint density at radius 3 is 3.05 bits per heavy atom. The van der Waals surface area contributed by atoms with Crippen molar-refractivity contribution in [3.05, 3.63) is 42.5 Å². The second-order valence-electron chi connectivity index (χ2n) is 6.00. The maximum absolute atomic E-state index is 5.61. The molecule has 1 fully saturated rings. The van der Waals surface area contributed by atoms with E-state index < -0.39 is 0 Å². The van der Waals surface area contributed by atoms with Gasteiger partial charge >= 0.3 is 0 Å². The summed E-state index contributed by atoms with van der Waals surface area (Å²) >= 11 is 0. The lowest BCUT2D eigenvalue weighted by molar-refractivity contribution is 0.182. The number of fused-ring (bicyclic) bond motifs is 1. The Balaban J connectivity index is 1.78. The van der Waals surface area contributed by atoms with Gasteiger partial charge in [-0.2, -0.15) is 0 Å². The fourth-order valence-electron chi connectivity index (χ4n) is 3.34. The Bertz CT molecular complexity index is 762. The predicted octanol–water partition coefficient (Wildman–Crippen LogP) is 3.04. The molecule has 5 nitrogen and oxygen atoms in total. The normalized spacial score (nSPS) is 19.8. The molecule has 0 amide bonds. The van der Waals surface area contributed by atoms with Crippen LogP contribution in [0.25, 0.3) is 17.0 Å². The largest absolute Gasteiger partial charge is 0.448 e. The van der Waals surface area contributed by atoms with Crippen molar-refractivity contribution < 1.29 is 4.42 Å². The molecule has 3 aromatic rings. The van der Waals surface area contributed by atoms with Gasteiger partial charge in [-0.05, 0) is 44.6 Å². The van der Waals surface area contributed by atoms with Gasteiger partial charge in [0.25, 0.3) is 0 Å². The summed E-state index contributed by atoms with van der Waals surface area (Å²) in [6.45, 7) is 1.17. The van der Waals surface area contributed by atoms with Crippen LogP contribution in [0.1, 0.15) is 25.1 Å². The summed E-state index contributed by atoms with van der Waals surface area (Å²) in [5.41, 5.74) is 1.79. The summed E-state index contributed by atoms with van der Waals surface area (Å²) in [6.07, 6.45) is 8.25. The number of piperidine rings is 1. The zero-order chi connectivity index (χ0) is 14.9. The van der Waals surface area contributed by atoms with E-state index in [1.54, 1.807) is 12.5 Å². The number of likely N-dealkylation sites (tertiary alicyclic amines) is 1. The average molecular weight is 296 g/mol. The van der Waals surface area contributed by atoms with Crippen molar-refractivity contribution in [3.63, 3.8) is 0 Å². The van der Waals surface area contributed by atoms with Crippen LogP contribution in [0.3, 0.4) is 0 Å². The molecule has 1 unspecified atom stereocenters. The van der Waals surface area contributed by atoms with E-state index in [0.29, 0.717) is 6.04 Å². The molecule has 0 radical (unpaired) electrons. The van der Waals surface area contributed by atoms with E-state index in [4.69, 9.17) is 9.40 Å². The van der Waals surface area contributed by atoms with E-state index >= 15 is 0 Å². The van der Waals surface area contributed by atoms with Crippen LogP contribution in [0.5, 0.6) is 0 Å². The zero-order valence-corrected chi connectivity index (χ0v) is 12.8. The summed E-state index contributed by atoms with van der Waals surface area (Å²) in [5, 5.41) is 0. The second-order valence-corrected chi connectivity index (χ2v) is 6.00. The Hall–Kier alpha value is -2.14. The van der Waals surface area contributed by atoms with Crippen LogP contribution in [-0.4, -0.2) is 39.1 Å². The topological polar surface area (TPSA) is 47.1 Å². The Morgan fingerprint density at radius 2 is 2.23 bits per heavy atom. The van der Waals surface area contributed by atoms with E-state index in [2.05, 4.69) is 21.5 Å². The van der Waals surface area contributed by atoms with Crippen molar-refractivity contribution in [2.24, 2.45) is 0 Å². The lowest BCUT2D eigenvalue weighted by Gasteiger charge is -2.32. The number of hydrogen-bond donors (Lipinski definition) is 0. The van der Waals surface area contributed by atoms with Gasteiger partial charge in [0.15, 0.2) is 5.65 Å². The highest BCUT2D eigenvalue weighted by Gasteiger charge is 2.23. The molecule has 1 aliphatic rings. The quantitative estimate of drug-likeness (QED) is 0.745. The first-order chi connectivity index (χ1) is 10.8. The molecule has 0 spiro atoms. The van der Waals surface area contributed by atoms with E-state index in [0.717, 1.165) is 29.3 Å². The molecule has 4 rings (SSSR count). The molecule has 1 saturated heterocycles. The van der Waals surface area contributed by atoms with Gasteiger partial charge in [-0.3, -0.25) is 0 Å². The molecule has 5 heteroatoms. The molecule has 1 atom stereocenters. The average Bonchev–Trinajstić information content (AvgIpc) is 3.16. The smallest absolute Gasteiger partial charge is 0.206 e. The minimum atomic E-state index is 0.541. The molecule has 4 heterocycles. The maximum atomic E-state index is 5.61. The number of furan rings is 1. The van der Waals surface area contributed by atoms with Gasteiger partial charge in [-0.15, -0.1) is 0 Å². The third kappa shape index (κ3) is 2.31. The van der Waals surface area contributed by atoms with Gasteiger partial charge in [0.1, 0.15) is 11.3 Å². The molecule has 0 saturated carbocycles. The molecular formula is C17H20N4O. The summed E-state index contributed by atoms with van der Waals surface area (Å²) in [5.74, 6) is 1.82. The van der Waals surface area contributed by atoms with Crippen LogP contribution in [0, 0.1) is 0 Å². The summed E-state index contributed by atoms with van der Waals surface area (Å²) in [6, 6.07) is 8.35. The zero-order valence-electron chi connectivity index (χ0n) is 12.8. The predicted molar refractivity (Wildman–Crippen MR) is 85.1 cm³/mol. The highest BCUT2D eigenvalue weighted by Crippen LogP contribution is 2.24. The van der Waals surface area contributed by atoms with Crippen molar-refractivity contribution in [1.29, 1.82) is 0 Å². The Kier molecular flexibility index (Phi) is 3.42. The lowest BCUT2D eigenvalue weighted by Crippen LogP contribution is -2.38. The van der Waals surface area contributed by atoms with Crippen LogP contribution >= 0.6 is 0 Å². The number of aromatic nitrogens is 3. The number of rotatable bonds is 3. The third-order valence-electron chi connectivity index (χ3n) is 4.55. The first-order valence-corrected chi connectivity index (χ1v) is 7.89. The van der Waals surface area contributed by atoms with Crippen molar-refractivity contribution in [2.45, 2.75) is 31.7 Å². The Labute approximate surface area is 129 Å². The molecule has 0 aromatic carbocycles. The van der Waals surface area contributed by atoms with Gasteiger partial charge in [0.2, 0.25) is 5.88 Å². The fourth-order valence-corrected chi connectivity index (χ4v) is 3.34. The molecule has 0 bridgehead atoms. The van der Waals surface area contributed by atoms with Gasteiger partial charge in [0.05, 0.1) is 6.26 Å². The van der Waals surface area contributed by atoms with Crippen LogP contribution in [0.2, 0.25) is 0 Å². The van der Waals surface area contributed by atoms with Crippen molar-refractivity contribution >= 4 is 11.2 Å². The monoisotopic (exact) mass is 296 g/mol. The standard InChI is InChI=1S/C17H20N4O/c1-20-10-3-2-6-13(20)12-15-19-14-7-4-9-18-17(14)21(15)16-8-5-11-22-16/h4-5,7-9,11,13H,2-3,6,10,12H2,1H3. The fraction of sp³-hybridized carbons (Fsp3) is 0.412. The highest BCUT2D eigenvalue weighted by molar-refractivity contribution is 5.73. The van der Waals surface area contributed by atoms with Gasteiger partial charge in [0, 0.05) is 24.7 Å². The van der Waals surface area contributed by atoms with Crippen LogP contribution in [0.4, 0.5) is 0 Å². The molecule has 3 aromatic heterocycles. The maximum Gasteiger partial charge on any atom is 0.206 e. The van der Waals surface area contributed by atoms with Crippen molar-refractivity contribution in [2.75, 3.05) is 13.6 Å². The highest BCUT2D eigenvalue weighted by atomic mass is 16.3. The van der Waals surface area contributed by atoms with E-state index in [1.807, 2.05) is 24.3 Å². The SMILES string of the molecule is CN1CCCCC1Cc1nc2cccnc2n1-c1ccco1. The summed E-state index contributed by atoms with van der Waals surface area (Å²) in [7, 11) is 2.21. The van der Waals surface area contributed by atoms with Gasteiger partial charge in [-0.25, -0.2) is 14.5 Å². The molecule has 114 valence electrons. The summed E-state index contributed by atoms with van der Waals surface area (Å²) < 4.78 is 7.67. The molecular weight excluding hydrogens is 276 g/mol. The summed E-state index contributed by atoms with van der Waals surface area (Å²) in [4.78, 5) is 11.8. The van der Waals surface area contributed by atoms with Crippen LogP contribution in [-0.2, 0) is 6.42 Å². The number of likely N-dealkylation sites (N-methyl/N-ethyl adjacent to an activating group) is 1. The number of hydrogen-bond acceptors (Lipinski definition) is 4. The van der Waals surface area contributed by atoms with Crippen molar-refractivity contribution in [3.8, 4) is 5.88 Å². The Morgan fingerprint density at radius 1 is 1.27 bits per heavy atom. The first-order valence-electron chi connectivity index (χ1n) is 7.89. The van der Waals surface area contributed by atoms with E-state index in [-0.39, 0.29) is 0 Å². The number of pyridine rings is 1. The van der Waals surface area contributed by atoms with E-state index in [9.17, 15) is 0 Å². The first kappa shape index (κ1) is 13.5. The molecule has 22 heavy (non-hydrogen) atoms. The molecule has 0 N–H and O–H groups in total. The molecule has 1 aliphatic heterocycles. The third-order valence-corrected chi connectivity index (χ3v) is 4.55. The van der Waals surface area contributed by atoms with Gasteiger partial charge in [-0.1, -0.05) is 6.42 Å². The van der Waals surface area contributed by atoms with Crippen LogP contribution < -0.4 is 0 Å². The minimum absolute atomic E-state index is 0.541. The van der Waals surface area contributed by atoms with Crippen LogP contribution in [0.15, 0.2) is 41.1 Å². The van der Waals surface area contributed by atoms with Gasteiger partial charge < -0.3 is 9.32 Å².